The second-order valence-electron chi connectivity index (χ2n) is 20.0. The monoisotopic (exact) mass is 940 g/mol. The van der Waals surface area contributed by atoms with Gasteiger partial charge in [-0.2, -0.15) is 5.10 Å². The van der Waals surface area contributed by atoms with Crippen LogP contribution in [0.4, 0.5) is 10.9 Å². The molecule has 0 saturated heterocycles. The SMILES string of the molecule is Cc1c(-c2ccc(N3CCc4cccc(C(=O)Nc5nc6ccccc6s5)c4C3)nc2C(=O)O)cnn1CC12CC3(C)CC(C)(C1)CC(OCCNS(=O)(=O)CCCNC(CO)CO)(C3)C2. The number of aromatic nitrogens is 4. The molecule has 18 heteroatoms. The lowest BCUT2D eigenvalue weighted by Crippen LogP contribution is -2.64. The van der Waals surface area contributed by atoms with Crippen molar-refractivity contribution in [2.24, 2.45) is 16.2 Å². The molecular weight excluding hydrogens is 881 g/mol. The zero-order chi connectivity index (χ0) is 46.5. The number of rotatable bonds is 19. The number of para-hydroxylation sites is 1. The smallest absolute Gasteiger partial charge is 0.355 e. The summed E-state index contributed by atoms with van der Waals surface area (Å²) in [6, 6.07) is 16.7. The quantitative estimate of drug-likeness (QED) is 0.0543. The molecule has 0 radical (unpaired) electrons. The fourth-order valence-corrected chi connectivity index (χ4v) is 14.6. The Hall–Kier alpha value is -4.82. The van der Waals surface area contributed by atoms with Gasteiger partial charge in [0.2, 0.25) is 10.0 Å². The molecule has 0 spiro atoms. The maximum Gasteiger partial charge on any atom is 0.355 e. The van der Waals surface area contributed by atoms with E-state index < -0.39 is 27.6 Å². The number of nitrogens with zero attached hydrogens (tertiary/aromatic N) is 5. The van der Waals surface area contributed by atoms with E-state index in [1.54, 1.807) is 6.20 Å². The van der Waals surface area contributed by atoms with Crippen LogP contribution in [0.3, 0.4) is 0 Å². The first-order valence-electron chi connectivity index (χ1n) is 22.9. The van der Waals surface area contributed by atoms with Crippen molar-refractivity contribution in [3.63, 3.8) is 0 Å². The molecule has 352 valence electrons. The van der Waals surface area contributed by atoms with Gasteiger partial charge in [0.1, 0.15) is 5.82 Å². The molecule has 5 aliphatic rings. The van der Waals surface area contributed by atoms with Crippen molar-refractivity contribution in [1.82, 2.24) is 29.8 Å². The van der Waals surface area contributed by atoms with Gasteiger partial charge in [-0.3, -0.25) is 14.8 Å². The van der Waals surface area contributed by atoms with Gasteiger partial charge in [0, 0.05) is 48.6 Å². The molecule has 16 nitrogen and oxygen atoms in total. The molecule has 66 heavy (non-hydrogen) atoms. The summed E-state index contributed by atoms with van der Waals surface area (Å²) >= 11 is 1.42. The number of carbonyl (C=O) groups excluding carboxylic acids is 1. The number of hydrogen-bond donors (Lipinski definition) is 6. The molecule has 2 atom stereocenters. The first-order chi connectivity index (χ1) is 31.5. The van der Waals surface area contributed by atoms with Crippen LogP contribution in [0.25, 0.3) is 21.3 Å². The number of thiazole rings is 1. The Kier molecular flexibility index (Phi) is 12.6. The third kappa shape index (κ3) is 9.50. The molecule has 3 aromatic heterocycles. The summed E-state index contributed by atoms with van der Waals surface area (Å²) in [6.07, 6.45) is 8.56. The van der Waals surface area contributed by atoms with Crippen LogP contribution < -0.4 is 20.3 Å². The summed E-state index contributed by atoms with van der Waals surface area (Å²) in [6.45, 7) is 8.70. The number of nitrogens with one attached hydrogen (secondary N) is 3. The molecule has 10 rings (SSSR count). The minimum absolute atomic E-state index is 0.0487. The first kappa shape index (κ1) is 46.3. The Morgan fingerprint density at radius 1 is 0.924 bits per heavy atom. The number of hydrogen-bond acceptors (Lipinski definition) is 13. The van der Waals surface area contributed by atoms with Crippen LogP contribution in [0.5, 0.6) is 0 Å². The predicted octanol–water partition coefficient (Wildman–Crippen LogP) is 5.76. The Labute approximate surface area is 389 Å². The Morgan fingerprint density at radius 2 is 1.70 bits per heavy atom. The number of aliphatic hydroxyl groups is 2. The third-order valence-corrected chi connectivity index (χ3v) is 16.7. The molecular formula is C48H60N8O8S2. The van der Waals surface area contributed by atoms with Gasteiger partial charge in [0.05, 0.1) is 53.6 Å². The van der Waals surface area contributed by atoms with Gasteiger partial charge in [-0.1, -0.05) is 49.4 Å². The highest BCUT2D eigenvalue weighted by Crippen LogP contribution is 2.72. The number of carboxylic acids is 1. The van der Waals surface area contributed by atoms with E-state index in [4.69, 9.17) is 14.8 Å². The van der Waals surface area contributed by atoms with Crippen molar-refractivity contribution in [2.75, 3.05) is 55.4 Å². The number of carbonyl (C=O) groups is 2. The molecule has 6 N–H and O–H groups in total. The van der Waals surface area contributed by atoms with E-state index in [1.165, 1.54) is 11.3 Å². The number of anilines is 2. The maximum atomic E-state index is 13.7. The number of sulfonamides is 1. The van der Waals surface area contributed by atoms with Crippen molar-refractivity contribution < 1.29 is 38.1 Å². The van der Waals surface area contributed by atoms with Crippen molar-refractivity contribution in [2.45, 2.75) is 96.9 Å². The molecule has 4 fully saturated rings. The number of amides is 1. The fourth-order valence-electron chi connectivity index (χ4n) is 12.7. The molecule has 4 heterocycles. The Morgan fingerprint density at radius 3 is 2.44 bits per heavy atom. The van der Waals surface area contributed by atoms with Crippen molar-refractivity contribution in [3.05, 3.63) is 88.9 Å². The third-order valence-electron chi connectivity index (χ3n) is 14.3. The van der Waals surface area contributed by atoms with E-state index >= 15 is 0 Å². The number of ether oxygens (including phenoxy) is 1. The minimum atomic E-state index is -3.53. The highest BCUT2D eigenvalue weighted by Gasteiger charge is 2.66. The summed E-state index contributed by atoms with van der Waals surface area (Å²) in [4.78, 5) is 38.0. The molecule has 1 aliphatic heterocycles. The number of carboxylic acid groups (broad SMARTS) is 1. The van der Waals surface area contributed by atoms with Crippen molar-refractivity contribution in [1.29, 1.82) is 0 Å². The second kappa shape index (κ2) is 18.0. The summed E-state index contributed by atoms with van der Waals surface area (Å²) in [5.41, 5.74) is 4.90. The van der Waals surface area contributed by atoms with Gasteiger partial charge < -0.3 is 30.3 Å². The van der Waals surface area contributed by atoms with E-state index in [9.17, 15) is 33.3 Å². The Balaban J connectivity index is 0.881. The van der Waals surface area contributed by atoms with Crippen LogP contribution in [-0.4, -0.2) is 112 Å². The van der Waals surface area contributed by atoms with Gasteiger partial charge in [0.15, 0.2) is 10.8 Å². The molecule has 2 unspecified atom stereocenters. The molecule has 4 saturated carbocycles. The average molecular weight is 941 g/mol. The van der Waals surface area contributed by atoms with Crippen LogP contribution >= 0.6 is 11.3 Å². The van der Waals surface area contributed by atoms with E-state index in [0.717, 1.165) is 65.6 Å². The lowest BCUT2D eigenvalue weighted by atomic mass is 9.39. The van der Waals surface area contributed by atoms with Gasteiger partial charge in [-0.25, -0.2) is 27.9 Å². The van der Waals surface area contributed by atoms with Crippen LogP contribution in [0.1, 0.15) is 96.5 Å². The maximum absolute atomic E-state index is 13.7. The highest BCUT2D eigenvalue weighted by molar-refractivity contribution is 7.89. The van der Waals surface area contributed by atoms with Crippen molar-refractivity contribution >= 4 is 54.4 Å². The van der Waals surface area contributed by atoms with Gasteiger partial charge in [-0.05, 0) is 123 Å². The van der Waals surface area contributed by atoms with Gasteiger partial charge in [-0.15, -0.1) is 0 Å². The number of aliphatic hydroxyl groups excluding tert-OH is 2. The zero-order valence-electron chi connectivity index (χ0n) is 37.8. The van der Waals surface area contributed by atoms with Crippen LogP contribution in [0.15, 0.2) is 60.8 Å². The number of aromatic carboxylic acids is 1. The van der Waals surface area contributed by atoms with Crippen LogP contribution in [0, 0.1) is 23.2 Å². The fraction of sp³-hybridized carbons (Fsp3) is 0.521. The van der Waals surface area contributed by atoms with Crippen LogP contribution in [-0.2, 0) is 34.3 Å². The molecule has 2 aromatic carbocycles. The van der Waals surface area contributed by atoms with E-state index in [0.29, 0.717) is 66.7 Å². The van der Waals surface area contributed by atoms with E-state index in [2.05, 4.69) is 34.2 Å². The lowest BCUT2D eigenvalue weighted by molar-refractivity contribution is -0.247. The summed E-state index contributed by atoms with van der Waals surface area (Å²) in [5.74, 6) is -0.937. The summed E-state index contributed by atoms with van der Waals surface area (Å²) in [7, 11) is -3.53. The van der Waals surface area contributed by atoms with E-state index in [1.807, 2.05) is 71.1 Å². The number of benzene rings is 2. The van der Waals surface area contributed by atoms with E-state index in [-0.39, 0.29) is 60.0 Å². The summed E-state index contributed by atoms with van der Waals surface area (Å²) < 4.78 is 38.0. The van der Waals surface area contributed by atoms with Gasteiger partial charge >= 0.3 is 5.97 Å². The molecule has 4 aliphatic carbocycles. The molecule has 5 aromatic rings. The zero-order valence-corrected chi connectivity index (χ0v) is 39.4. The highest BCUT2D eigenvalue weighted by atomic mass is 32.2. The van der Waals surface area contributed by atoms with Gasteiger partial charge in [0.25, 0.3) is 5.91 Å². The summed E-state index contributed by atoms with van der Waals surface area (Å²) in [5, 5.41) is 40.4. The second-order valence-corrected chi connectivity index (χ2v) is 23.0. The topological polar surface area (TPSA) is 221 Å². The first-order valence-corrected chi connectivity index (χ1v) is 25.3. The standard InChI is InChI=1S/C48H60N8O8S2/c1-31-36(20-50-56(31)30-47-25-45(2)24-46(3,26-47)28-48(27-45,29-47)64-18-16-51-66(62,63)19-7-15-49-33(22-57)23-58)34-12-13-40(53-41(34)43(60)61)55-17-14-32-8-6-9-35(37(32)21-55)42(59)54-44-52-38-10-4-5-11-39(38)65-44/h4-6,8-13,20,33,49,51,57-58H,7,14-19,21-30H2,1-3H3,(H,60,61)(H,52,54,59). The Bertz CT molecular complexity index is 2700. The van der Waals surface area contributed by atoms with Crippen LogP contribution in [0.2, 0.25) is 0 Å². The number of fused-ring (bicyclic) bond motifs is 2. The number of pyridine rings is 1. The molecule has 4 bridgehead atoms. The normalized spacial score (nSPS) is 24.6. The predicted molar refractivity (Wildman–Crippen MR) is 253 cm³/mol. The van der Waals surface area contributed by atoms with Crippen molar-refractivity contribution in [3.8, 4) is 11.1 Å². The minimum Gasteiger partial charge on any atom is -0.476 e. The average Bonchev–Trinajstić information content (AvgIpc) is 3.84. The molecule has 1 amide bonds. The largest absolute Gasteiger partial charge is 0.476 e. The lowest BCUT2D eigenvalue weighted by Gasteiger charge is -2.69.